The van der Waals surface area contributed by atoms with Crippen LogP contribution >= 0.6 is 11.8 Å². The normalized spacial score (nSPS) is 14.9. The van der Waals surface area contributed by atoms with Crippen LogP contribution in [0.4, 0.5) is 0 Å². The highest BCUT2D eigenvalue weighted by Crippen LogP contribution is 2.30. The number of hydrogen-bond acceptors (Lipinski definition) is 3. The molecule has 0 aliphatic heterocycles. The lowest BCUT2D eigenvalue weighted by Crippen LogP contribution is -2.22. The molecule has 2 atom stereocenters. The highest BCUT2D eigenvalue weighted by Gasteiger charge is 2.14. The van der Waals surface area contributed by atoms with Crippen LogP contribution < -0.4 is 10.5 Å². The van der Waals surface area contributed by atoms with Crippen LogP contribution in [-0.4, -0.2) is 19.4 Å². The van der Waals surface area contributed by atoms with E-state index in [1.165, 1.54) is 5.56 Å². The van der Waals surface area contributed by atoms with Crippen LogP contribution in [0.2, 0.25) is 0 Å². The molecule has 1 aromatic carbocycles. The van der Waals surface area contributed by atoms with Crippen LogP contribution in [0.1, 0.15) is 17.7 Å². The number of benzene rings is 1. The Kier molecular flexibility index (Phi) is 4.29. The van der Waals surface area contributed by atoms with Crippen molar-refractivity contribution in [3.05, 3.63) is 29.8 Å². The molecule has 14 heavy (non-hydrogen) atoms. The average molecular weight is 211 g/mol. The Hall–Kier alpha value is -0.670. The molecule has 0 saturated carbocycles. The number of methoxy groups -OCH3 is 1. The molecule has 2 nitrogen and oxygen atoms in total. The summed E-state index contributed by atoms with van der Waals surface area (Å²) in [7, 11) is 1.68. The van der Waals surface area contributed by atoms with Gasteiger partial charge in [-0.15, -0.1) is 0 Å². The second-order valence-electron chi connectivity index (χ2n) is 3.29. The fourth-order valence-electron chi connectivity index (χ4n) is 1.47. The van der Waals surface area contributed by atoms with Crippen LogP contribution in [0.25, 0.3) is 0 Å². The minimum absolute atomic E-state index is 0.150. The van der Waals surface area contributed by atoms with Gasteiger partial charge in [0.1, 0.15) is 5.75 Å². The summed E-state index contributed by atoms with van der Waals surface area (Å²) >= 11 is 1.77. The number of rotatable bonds is 4. The van der Waals surface area contributed by atoms with E-state index in [0.717, 1.165) is 5.75 Å². The van der Waals surface area contributed by atoms with Crippen molar-refractivity contribution in [1.82, 2.24) is 0 Å². The molecule has 0 amide bonds. The molecule has 0 bridgehead atoms. The van der Waals surface area contributed by atoms with Gasteiger partial charge >= 0.3 is 0 Å². The molecule has 3 heteroatoms. The molecule has 0 radical (unpaired) electrons. The Morgan fingerprint density at radius 1 is 1.43 bits per heavy atom. The second-order valence-corrected chi connectivity index (χ2v) is 4.27. The van der Waals surface area contributed by atoms with Crippen molar-refractivity contribution < 1.29 is 4.74 Å². The van der Waals surface area contributed by atoms with Crippen molar-refractivity contribution in [1.29, 1.82) is 0 Å². The van der Waals surface area contributed by atoms with Gasteiger partial charge in [-0.1, -0.05) is 12.1 Å². The van der Waals surface area contributed by atoms with Crippen LogP contribution in [-0.2, 0) is 0 Å². The number of nitrogens with two attached hydrogens (primary N) is 1. The maximum absolute atomic E-state index is 5.91. The van der Waals surface area contributed by atoms with E-state index in [1.54, 1.807) is 18.9 Å². The second kappa shape index (κ2) is 5.27. The Balaban J connectivity index is 2.92. The average Bonchev–Trinajstić information content (AvgIpc) is 2.19. The molecular weight excluding hydrogens is 194 g/mol. The summed E-state index contributed by atoms with van der Waals surface area (Å²) in [6, 6.07) is 8.23. The molecule has 0 aliphatic carbocycles. The van der Waals surface area contributed by atoms with Crippen molar-refractivity contribution in [2.45, 2.75) is 18.2 Å². The van der Waals surface area contributed by atoms with E-state index in [1.807, 2.05) is 25.1 Å². The number of hydrogen-bond donors (Lipinski definition) is 1. The zero-order valence-electron chi connectivity index (χ0n) is 8.86. The molecule has 1 aromatic rings. The van der Waals surface area contributed by atoms with Crippen molar-refractivity contribution >= 4 is 11.8 Å². The van der Waals surface area contributed by atoms with E-state index in [2.05, 4.69) is 12.3 Å². The lowest BCUT2D eigenvalue weighted by atomic mass is 10.1. The maximum Gasteiger partial charge on any atom is 0.119 e. The van der Waals surface area contributed by atoms with Gasteiger partial charge in [0, 0.05) is 11.3 Å². The predicted molar refractivity (Wildman–Crippen MR) is 62.9 cm³/mol. The molecule has 0 spiro atoms. The van der Waals surface area contributed by atoms with Gasteiger partial charge in [-0.25, -0.2) is 0 Å². The van der Waals surface area contributed by atoms with Crippen LogP contribution in [0, 0.1) is 0 Å². The first-order valence-corrected chi connectivity index (χ1v) is 5.90. The van der Waals surface area contributed by atoms with Gasteiger partial charge in [-0.3, -0.25) is 0 Å². The summed E-state index contributed by atoms with van der Waals surface area (Å²) in [6.45, 7) is 2.03. The Bertz CT molecular complexity index is 288. The summed E-state index contributed by atoms with van der Waals surface area (Å²) in [5.41, 5.74) is 7.14. The third-order valence-electron chi connectivity index (χ3n) is 2.15. The van der Waals surface area contributed by atoms with Gasteiger partial charge in [0.25, 0.3) is 0 Å². The molecule has 0 heterocycles. The van der Waals surface area contributed by atoms with Crippen LogP contribution in [0.5, 0.6) is 5.75 Å². The first-order valence-electron chi connectivity index (χ1n) is 4.61. The van der Waals surface area contributed by atoms with Crippen molar-refractivity contribution in [2.75, 3.05) is 13.4 Å². The van der Waals surface area contributed by atoms with Crippen molar-refractivity contribution in [3.8, 4) is 5.75 Å². The Labute approximate surface area is 89.8 Å². The van der Waals surface area contributed by atoms with E-state index < -0.39 is 0 Å². The highest BCUT2D eigenvalue weighted by molar-refractivity contribution is 7.98. The standard InChI is InChI=1S/C11H17NOS/c1-8(12)11(14-3)9-5-4-6-10(7-9)13-2/h4-8,11H,12H2,1-3H3. The zero-order valence-corrected chi connectivity index (χ0v) is 9.67. The minimum Gasteiger partial charge on any atom is -0.497 e. The quantitative estimate of drug-likeness (QED) is 0.831. The molecule has 2 unspecified atom stereocenters. The fraction of sp³-hybridized carbons (Fsp3) is 0.455. The smallest absolute Gasteiger partial charge is 0.119 e. The summed E-state index contributed by atoms with van der Waals surface area (Å²) in [4.78, 5) is 0. The lowest BCUT2D eigenvalue weighted by molar-refractivity contribution is 0.414. The molecule has 0 fully saturated rings. The monoisotopic (exact) mass is 211 g/mol. The first-order chi connectivity index (χ1) is 6.69. The van der Waals surface area contributed by atoms with Crippen LogP contribution in [0.15, 0.2) is 24.3 Å². The molecule has 78 valence electrons. The fourth-order valence-corrected chi connectivity index (χ4v) is 2.32. The molecule has 0 aromatic heterocycles. The highest BCUT2D eigenvalue weighted by atomic mass is 32.2. The molecule has 0 aliphatic rings. The first kappa shape index (κ1) is 11.4. The number of thioether (sulfide) groups is 1. The molecule has 1 rings (SSSR count). The Morgan fingerprint density at radius 3 is 2.64 bits per heavy atom. The molecular formula is C11H17NOS. The third kappa shape index (κ3) is 2.66. The van der Waals surface area contributed by atoms with E-state index in [0.29, 0.717) is 5.25 Å². The van der Waals surface area contributed by atoms with E-state index in [9.17, 15) is 0 Å². The van der Waals surface area contributed by atoms with Gasteiger partial charge < -0.3 is 10.5 Å². The maximum atomic E-state index is 5.91. The molecule has 2 N–H and O–H groups in total. The van der Waals surface area contributed by atoms with Crippen LogP contribution in [0.3, 0.4) is 0 Å². The summed E-state index contributed by atoms with van der Waals surface area (Å²) in [6.07, 6.45) is 2.08. The minimum atomic E-state index is 0.150. The summed E-state index contributed by atoms with van der Waals surface area (Å²) in [5, 5.41) is 0.338. The predicted octanol–water partition coefficient (Wildman–Crippen LogP) is 2.45. The van der Waals surface area contributed by atoms with Gasteiger partial charge in [-0.2, -0.15) is 11.8 Å². The van der Waals surface area contributed by atoms with Crippen molar-refractivity contribution in [2.24, 2.45) is 5.73 Å². The van der Waals surface area contributed by atoms with Gasteiger partial charge in [0.05, 0.1) is 7.11 Å². The van der Waals surface area contributed by atoms with E-state index >= 15 is 0 Å². The summed E-state index contributed by atoms with van der Waals surface area (Å²) < 4.78 is 5.18. The largest absolute Gasteiger partial charge is 0.497 e. The summed E-state index contributed by atoms with van der Waals surface area (Å²) in [5.74, 6) is 0.891. The van der Waals surface area contributed by atoms with Gasteiger partial charge in [0.15, 0.2) is 0 Å². The van der Waals surface area contributed by atoms with Gasteiger partial charge in [0.2, 0.25) is 0 Å². The third-order valence-corrected chi connectivity index (χ3v) is 3.36. The Morgan fingerprint density at radius 2 is 2.14 bits per heavy atom. The topological polar surface area (TPSA) is 35.2 Å². The van der Waals surface area contributed by atoms with E-state index in [-0.39, 0.29) is 6.04 Å². The van der Waals surface area contributed by atoms with Gasteiger partial charge in [-0.05, 0) is 30.9 Å². The molecule has 0 saturated heterocycles. The number of ether oxygens (including phenoxy) is 1. The zero-order chi connectivity index (χ0) is 10.6. The SMILES string of the molecule is COc1cccc(C(SC)C(C)N)c1. The lowest BCUT2D eigenvalue weighted by Gasteiger charge is -2.19. The van der Waals surface area contributed by atoms with E-state index in [4.69, 9.17) is 10.5 Å². The van der Waals surface area contributed by atoms with Crippen molar-refractivity contribution in [3.63, 3.8) is 0 Å².